The van der Waals surface area contributed by atoms with Crippen LogP contribution >= 0.6 is 0 Å². The van der Waals surface area contributed by atoms with Crippen molar-refractivity contribution >= 4 is 19.9 Å². The normalized spacial score (nSPS) is 26.3. The van der Waals surface area contributed by atoms with Gasteiger partial charge >= 0.3 is 0 Å². The van der Waals surface area contributed by atoms with E-state index in [1.54, 1.807) is 0 Å². The van der Waals surface area contributed by atoms with E-state index in [-0.39, 0.29) is 40.9 Å². The van der Waals surface area contributed by atoms with Crippen LogP contribution in [0.3, 0.4) is 0 Å². The smallest absolute Gasteiger partial charge is 0.110 e. The van der Waals surface area contributed by atoms with Crippen LogP contribution in [0, 0.1) is 23.8 Å². The van der Waals surface area contributed by atoms with Crippen molar-refractivity contribution in [2.45, 2.75) is 77.4 Å². The molecule has 47 heavy (non-hydrogen) atoms. The molecule has 3 unspecified atom stereocenters. The minimum absolute atomic E-state index is 0. The Labute approximate surface area is 304 Å². The molecule has 1 N–H and O–H groups in total. The van der Waals surface area contributed by atoms with Gasteiger partial charge in [0.05, 0.1) is 0 Å². The average molecular weight is 805 g/mol. The predicted molar refractivity (Wildman–Crippen MR) is 197 cm³/mol. The Hall–Kier alpha value is -2.66. The summed E-state index contributed by atoms with van der Waals surface area (Å²) in [5.74, 6) is 1.66. The molecule has 4 bridgehead atoms. The summed E-state index contributed by atoms with van der Waals surface area (Å²) in [4.78, 5) is 0. The molecule has 1 radical (unpaired) electrons. The molecular weight excluding hydrogens is 756 g/mol. The fourth-order valence-electron chi connectivity index (χ4n) is 7.86. The number of hydrogen-bond acceptors (Lipinski definition) is 0. The molecule has 4 aromatic carbocycles. The van der Waals surface area contributed by atoms with E-state index in [9.17, 15) is 4.39 Å². The molecule has 4 saturated carbocycles. The number of allylic oxidation sites excluding steroid dienone is 4. The molecule has 0 aromatic heterocycles. The molecule has 5 aliphatic carbocycles. The summed E-state index contributed by atoms with van der Waals surface area (Å²) < 4.78 is 14.0. The van der Waals surface area contributed by atoms with Crippen molar-refractivity contribution < 1.29 is 30.2 Å². The maximum absolute atomic E-state index is 14.0. The first-order valence-electron chi connectivity index (χ1n) is 16.9. The standard InChI is InChI=1S/C12H11Si.C12H10.C10H15FN.C9H13.Hf/c1-3-7-11(8-4-1)13-12-9-5-2-6-10-12;1-3-7-11(8-4-1)12-9-5-2-6-10-12;11-9-2-7-1-8(3-9)5-10(12,4-7)6-9;1-6-5-7(2)9(4)8(6)3;/h1-10,13H;1-10H;7-8,12H,1-6H2;6H,1-4H3;/q;;2*-1;. The van der Waals surface area contributed by atoms with Crippen LogP contribution in [0.4, 0.5) is 4.39 Å². The third-order valence-electron chi connectivity index (χ3n) is 10.0. The van der Waals surface area contributed by atoms with Crippen molar-refractivity contribution in [3.05, 3.63) is 150 Å². The topological polar surface area (TPSA) is 23.8 Å². The first-order chi connectivity index (χ1) is 22.1. The van der Waals surface area contributed by atoms with Crippen LogP contribution in [0.2, 0.25) is 0 Å². The van der Waals surface area contributed by atoms with E-state index >= 15 is 0 Å². The molecule has 4 fully saturated rings. The van der Waals surface area contributed by atoms with Gasteiger partial charge in [0.2, 0.25) is 0 Å². The first kappa shape index (κ1) is 37.2. The molecule has 0 aliphatic heterocycles. The molecule has 3 atom stereocenters. The molecule has 243 valence electrons. The zero-order valence-corrected chi connectivity index (χ0v) is 33.2. The van der Waals surface area contributed by atoms with Gasteiger partial charge in [0.25, 0.3) is 0 Å². The van der Waals surface area contributed by atoms with E-state index < -0.39 is 5.67 Å². The Balaban J connectivity index is 0.000000142. The molecule has 9 rings (SSSR count). The summed E-state index contributed by atoms with van der Waals surface area (Å²) in [7, 11) is 0.271. The minimum Gasteiger partial charge on any atom is -0.672 e. The Morgan fingerprint density at radius 2 is 1.06 bits per heavy atom. The van der Waals surface area contributed by atoms with Gasteiger partial charge in [-0.25, -0.2) is 9.96 Å². The van der Waals surface area contributed by atoms with E-state index in [0.29, 0.717) is 24.2 Å². The fraction of sp³-hybridized carbons (Fsp3) is 0.349. The Morgan fingerprint density at radius 1 is 0.660 bits per heavy atom. The van der Waals surface area contributed by atoms with Gasteiger partial charge in [-0.2, -0.15) is 11.1 Å². The number of halogens is 1. The minimum atomic E-state index is -0.925. The van der Waals surface area contributed by atoms with Crippen LogP contribution in [0.1, 0.15) is 66.2 Å². The van der Waals surface area contributed by atoms with Crippen molar-refractivity contribution in [1.29, 1.82) is 0 Å². The van der Waals surface area contributed by atoms with Gasteiger partial charge in [0, 0.05) is 25.8 Å². The van der Waals surface area contributed by atoms with Gasteiger partial charge in [-0.3, -0.25) is 6.08 Å². The number of alkyl halides is 1. The SMILES string of the molecule is CC1=[C-]C(C)C(C)=C1C.[Hf].[NH-]C12CC3CC(C1)CC(F)(C3)C2.c1ccc(-c2ccccc2)cc1.c1ccc([SiH]c2ccccc2)cc1. The molecule has 0 heterocycles. The van der Waals surface area contributed by atoms with Crippen molar-refractivity contribution in [3.8, 4) is 11.1 Å². The Kier molecular flexibility index (Phi) is 13.5. The Morgan fingerprint density at radius 3 is 1.36 bits per heavy atom. The molecule has 0 spiro atoms. The molecular formula is C43H49FHfNSi-2. The molecule has 1 nitrogen and oxygen atoms in total. The fourth-order valence-corrected chi connectivity index (χ4v) is 9.08. The first-order valence-corrected chi connectivity index (χ1v) is 18.0. The predicted octanol–water partition coefficient (Wildman–Crippen LogP) is 10.2. The van der Waals surface area contributed by atoms with Crippen molar-refractivity contribution in [1.82, 2.24) is 0 Å². The van der Waals surface area contributed by atoms with Crippen LogP contribution in [0.5, 0.6) is 0 Å². The zero-order chi connectivity index (χ0) is 32.6. The van der Waals surface area contributed by atoms with Crippen LogP contribution in [-0.2, 0) is 25.8 Å². The van der Waals surface area contributed by atoms with Gasteiger partial charge in [-0.1, -0.05) is 171 Å². The third kappa shape index (κ3) is 10.7. The summed E-state index contributed by atoms with van der Waals surface area (Å²) in [5, 5.41) is 2.90. The van der Waals surface area contributed by atoms with E-state index in [2.05, 4.69) is 143 Å². The van der Waals surface area contributed by atoms with E-state index in [1.165, 1.54) is 44.6 Å². The number of rotatable bonds is 3. The maximum atomic E-state index is 14.0. The summed E-state index contributed by atoms with van der Waals surface area (Å²) in [6, 6.07) is 42.1. The van der Waals surface area contributed by atoms with E-state index in [4.69, 9.17) is 5.73 Å². The second-order valence-corrected chi connectivity index (χ2v) is 15.5. The summed E-state index contributed by atoms with van der Waals surface area (Å²) in [6.07, 6.45) is 8.61. The zero-order valence-electron chi connectivity index (χ0n) is 28.5. The van der Waals surface area contributed by atoms with E-state index in [0.717, 1.165) is 25.7 Å². The van der Waals surface area contributed by atoms with Crippen molar-refractivity contribution in [3.63, 3.8) is 0 Å². The summed E-state index contributed by atoms with van der Waals surface area (Å²) in [5.41, 5.74) is 13.6. The molecule has 5 aliphatic rings. The van der Waals surface area contributed by atoms with Gasteiger partial charge in [-0.05, 0) is 48.6 Å². The van der Waals surface area contributed by atoms with Gasteiger partial charge < -0.3 is 5.73 Å². The third-order valence-corrected chi connectivity index (χ3v) is 11.5. The molecule has 0 saturated heterocycles. The molecule has 4 aromatic rings. The van der Waals surface area contributed by atoms with Crippen LogP contribution in [0.25, 0.3) is 16.9 Å². The van der Waals surface area contributed by atoms with Crippen molar-refractivity contribution in [2.24, 2.45) is 17.8 Å². The average Bonchev–Trinajstić information content (AvgIpc) is 3.27. The van der Waals surface area contributed by atoms with E-state index in [1.807, 2.05) is 12.1 Å². The largest absolute Gasteiger partial charge is 0.672 e. The van der Waals surface area contributed by atoms with Gasteiger partial charge in [0.15, 0.2) is 0 Å². The molecule has 0 amide bonds. The second kappa shape index (κ2) is 17.1. The quantitative estimate of drug-likeness (QED) is 0.146. The molecule has 4 heteroatoms. The number of hydrogen-bond donors (Lipinski definition) is 0. The monoisotopic (exact) mass is 806 g/mol. The van der Waals surface area contributed by atoms with Gasteiger partial charge in [0.1, 0.15) is 15.2 Å². The Bertz CT molecular complexity index is 1480. The number of benzene rings is 4. The van der Waals surface area contributed by atoms with Crippen molar-refractivity contribution in [2.75, 3.05) is 0 Å². The number of nitrogens with one attached hydrogen (secondary N) is 1. The van der Waals surface area contributed by atoms with Crippen LogP contribution in [0.15, 0.2) is 138 Å². The summed E-state index contributed by atoms with van der Waals surface area (Å²) in [6.45, 7) is 8.67. The second-order valence-electron chi connectivity index (χ2n) is 13.9. The van der Waals surface area contributed by atoms with Crippen LogP contribution < -0.4 is 10.4 Å². The van der Waals surface area contributed by atoms with Crippen LogP contribution in [-0.4, -0.2) is 20.7 Å². The maximum Gasteiger partial charge on any atom is 0.110 e. The van der Waals surface area contributed by atoms with Gasteiger partial charge in [-0.15, -0.1) is 12.5 Å². The summed E-state index contributed by atoms with van der Waals surface area (Å²) >= 11 is 0.